The Morgan fingerprint density at radius 1 is 1.17 bits per heavy atom. The van der Waals surface area contributed by atoms with Crippen molar-refractivity contribution in [1.29, 1.82) is 0 Å². The summed E-state index contributed by atoms with van der Waals surface area (Å²) < 4.78 is 0. The Morgan fingerprint density at radius 2 is 2.09 bits per heavy atom. The molecule has 1 amide bonds. The third kappa shape index (κ3) is 4.40. The summed E-state index contributed by atoms with van der Waals surface area (Å²) in [5, 5.41) is 14.0. The average Bonchev–Trinajstić information content (AvgIpc) is 3.08. The number of thioether (sulfide) groups is 1. The first-order valence-electron chi connectivity index (χ1n) is 7.07. The van der Waals surface area contributed by atoms with Crippen molar-refractivity contribution in [3.05, 3.63) is 59.5 Å². The van der Waals surface area contributed by atoms with Crippen LogP contribution >= 0.6 is 23.1 Å². The second-order valence-corrected chi connectivity index (χ2v) is 6.88. The summed E-state index contributed by atoms with van der Waals surface area (Å²) in [6.45, 7) is 2.00. The fourth-order valence-electron chi connectivity index (χ4n) is 2.01. The van der Waals surface area contributed by atoms with Gasteiger partial charge in [0.1, 0.15) is 10.7 Å². The van der Waals surface area contributed by atoms with Crippen LogP contribution in [0.3, 0.4) is 0 Å². The molecular weight excluding hydrogens is 326 g/mol. The zero-order valence-electron chi connectivity index (χ0n) is 12.5. The Labute approximate surface area is 143 Å². The second-order valence-electron chi connectivity index (χ2n) is 4.94. The predicted molar refractivity (Wildman–Crippen MR) is 95.9 cm³/mol. The van der Waals surface area contributed by atoms with Crippen molar-refractivity contribution < 1.29 is 4.79 Å². The van der Waals surface area contributed by atoms with Gasteiger partial charge in [0.05, 0.1) is 10.6 Å². The number of carbonyl (C=O) groups is 1. The summed E-state index contributed by atoms with van der Waals surface area (Å²) in [7, 11) is 0. The molecule has 3 rings (SSSR count). The van der Waals surface area contributed by atoms with Gasteiger partial charge in [0.25, 0.3) is 0 Å². The molecule has 0 fully saturated rings. The predicted octanol–water partition coefficient (Wildman–Crippen LogP) is 4.24. The molecule has 0 aliphatic heterocycles. The van der Waals surface area contributed by atoms with Crippen LogP contribution in [0.25, 0.3) is 10.6 Å². The number of hydrogen-bond donors (Lipinski definition) is 1. The minimum Gasteiger partial charge on any atom is -0.325 e. The van der Waals surface area contributed by atoms with Gasteiger partial charge in [0.2, 0.25) is 5.91 Å². The molecule has 0 bridgehead atoms. The van der Waals surface area contributed by atoms with Crippen LogP contribution in [0.15, 0.2) is 58.9 Å². The van der Waals surface area contributed by atoms with Gasteiger partial charge in [-0.05, 0) is 48.2 Å². The first kappa shape index (κ1) is 15.7. The van der Waals surface area contributed by atoms with Gasteiger partial charge in [-0.15, -0.1) is 21.5 Å². The van der Waals surface area contributed by atoms with Gasteiger partial charge in [0, 0.05) is 5.69 Å². The first-order valence-corrected chi connectivity index (χ1v) is 8.94. The normalized spacial score (nSPS) is 10.5. The molecule has 1 N–H and O–H groups in total. The summed E-state index contributed by atoms with van der Waals surface area (Å²) in [5.74, 6) is 0.255. The highest BCUT2D eigenvalue weighted by Gasteiger charge is 2.06. The van der Waals surface area contributed by atoms with Crippen LogP contribution < -0.4 is 5.32 Å². The molecule has 0 atom stereocenters. The molecule has 23 heavy (non-hydrogen) atoms. The lowest BCUT2D eigenvalue weighted by molar-refractivity contribution is -0.113. The van der Waals surface area contributed by atoms with Gasteiger partial charge >= 0.3 is 0 Å². The lowest BCUT2D eigenvalue weighted by Crippen LogP contribution is -2.14. The van der Waals surface area contributed by atoms with E-state index in [0.29, 0.717) is 5.75 Å². The minimum atomic E-state index is -0.0512. The average molecular weight is 341 g/mol. The molecule has 4 nitrogen and oxygen atoms in total. The van der Waals surface area contributed by atoms with Crippen molar-refractivity contribution >= 4 is 34.7 Å². The molecule has 0 aliphatic rings. The summed E-state index contributed by atoms with van der Waals surface area (Å²) in [5.41, 5.74) is 2.79. The second kappa shape index (κ2) is 7.39. The zero-order chi connectivity index (χ0) is 16.1. The molecule has 0 aliphatic carbocycles. The number of anilines is 1. The third-order valence-corrected chi connectivity index (χ3v) is 4.88. The number of hydrogen-bond acceptors (Lipinski definition) is 5. The lowest BCUT2D eigenvalue weighted by atomic mass is 10.2. The van der Waals surface area contributed by atoms with Crippen molar-refractivity contribution in [1.82, 2.24) is 10.2 Å². The molecule has 1 aromatic carbocycles. The van der Waals surface area contributed by atoms with Crippen LogP contribution in [0.4, 0.5) is 5.69 Å². The molecular formula is C17H15N3OS2. The molecule has 0 unspecified atom stereocenters. The maximum Gasteiger partial charge on any atom is 0.234 e. The van der Waals surface area contributed by atoms with Crippen LogP contribution in [-0.4, -0.2) is 21.9 Å². The molecule has 0 saturated heterocycles. The van der Waals surface area contributed by atoms with Gasteiger partial charge in [0.15, 0.2) is 0 Å². The quantitative estimate of drug-likeness (QED) is 0.705. The largest absolute Gasteiger partial charge is 0.325 e. The highest BCUT2D eigenvalue weighted by Crippen LogP contribution is 2.23. The summed E-state index contributed by atoms with van der Waals surface area (Å²) >= 11 is 3.00. The number of benzene rings is 1. The number of aromatic nitrogens is 2. The van der Waals surface area contributed by atoms with Crippen LogP contribution in [0, 0.1) is 6.92 Å². The summed E-state index contributed by atoms with van der Waals surface area (Å²) in [4.78, 5) is 13.1. The van der Waals surface area contributed by atoms with Crippen LogP contribution in [0.1, 0.15) is 5.56 Å². The molecule has 0 saturated carbocycles. The number of aryl methyl sites for hydroxylation is 1. The minimum absolute atomic E-state index is 0.0512. The van der Waals surface area contributed by atoms with Gasteiger partial charge in [-0.3, -0.25) is 4.79 Å². The van der Waals surface area contributed by atoms with E-state index in [9.17, 15) is 4.79 Å². The summed E-state index contributed by atoms with van der Waals surface area (Å²) in [6, 6.07) is 15.6. The van der Waals surface area contributed by atoms with E-state index in [1.807, 2.05) is 60.8 Å². The molecule has 3 aromatic rings. The van der Waals surface area contributed by atoms with Crippen molar-refractivity contribution in [2.45, 2.75) is 11.9 Å². The Bertz CT molecular complexity index is 786. The molecule has 0 radical (unpaired) electrons. The number of thiophene rings is 1. The smallest absolute Gasteiger partial charge is 0.234 e. The lowest BCUT2D eigenvalue weighted by Gasteiger charge is -2.05. The number of amides is 1. The van der Waals surface area contributed by atoms with Gasteiger partial charge in [-0.25, -0.2) is 0 Å². The number of rotatable bonds is 5. The Hall–Kier alpha value is -2.18. The van der Waals surface area contributed by atoms with E-state index in [0.717, 1.165) is 26.8 Å². The van der Waals surface area contributed by atoms with Crippen molar-refractivity contribution in [2.75, 3.05) is 11.1 Å². The van der Waals surface area contributed by atoms with E-state index in [1.54, 1.807) is 11.3 Å². The number of carbonyl (C=O) groups excluding carboxylic acids is 1. The fraction of sp³-hybridized carbons (Fsp3) is 0.118. The molecule has 116 valence electrons. The van der Waals surface area contributed by atoms with Gasteiger partial charge < -0.3 is 5.32 Å². The summed E-state index contributed by atoms with van der Waals surface area (Å²) in [6.07, 6.45) is 0. The number of nitrogens with zero attached hydrogens (tertiary/aromatic N) is 2. The Kier molecular flexibility index (Phi) is 5.05. The highest BCUT2D eigenvalue weighted by molar-refractivity contribution is 7.99. The highest BCUT2D eigenvalue weighted by atomic mass is 32.2. The van der Waals surface area contributed by atoms with E-state index in [-0.39, 0.29) is 5.91 Å². The van der Waals surface area contributed by atoms with E-state index < -0.39 is 0 Å². The molecule has 0 spiro atoms. The van der Waals surface area contributed by atoms with Crippen LogP contribution in [-0.2, 0) is 4.79 Å². The third-order valence-electron chi connectivity index (χ3n) is 3.07. The molecule has 2 aromatic heterocycles. The maximum atomic E-state index is 12.0. The topological polar surface area (TPSA) is 54.9 Å². The number of nitrogens with one attached hydrogen (secondary N) is 1. The van der Waals surface area contributed by atoms with E-state index in [1.165, 1.54) is 11.8 Å². The Morgan fingerprint density at radius 3 is 2.78 bits per heavy atom. The monoisotopic (exact) mass is 341 g/mol. The molecule has 2 heterocycles. The first-order chi connectivity index (χ1) is 11.2. The van der Waals surface area contributed by atoms with E-state index in [4.69, 9.17) is 0 Å². The van der Waals surface area contributed by atoms with Crippen LogP contribution in [0.5, 0.6) is 0 Å². The Balaban J connectivity index is 1.54. The van der Waals surface area contributed by atoms with Crippen molar-refractivity contribution in [2.24, 2.45) is 0 Å². The van der Waals surface area contributed by atoms with Gasteiger partial charge in [-0.2, -0.15) is 0 Å². The van der Waals surface area contributed by atoms with Crippen molar-refractivity contribution in [3.63, 3.8) is 0 Å². The van der Waals surface area contributed by atoms with E-state index in [2.05, 4.69) is 15.5 Å². The van der Waals surface area contributed by atoms with Gasteiger partial charge in [-0.1, -0.05) is 30.0 Å². The van der Waals surface area contributed by atoms with Crippen LogP contribution in [0.2, 0.25) is 0 Å². The molecule has 6 heteroatoms. The van der Waals surface area contributed by atoms with Crippen molar-refractivity contribution in [3.8, 4) is 10.6 Å². The SMILES string of the molecule is Cc1cccc(NC(=O)CSc2ccc(-c3cccs3)nn2)c1. The maximum absolute atomic E-state index is 12.0. The zero-order valence-corrected chi connectivity index (χ0v) is 14.2. The van der Waals surface area contributed by atoms with E-state index >= 15 is 0 Å². The fourth-order valence-corrected chi connectivity index (χ4v) is 3.32. The standard InChI is InChI=1S/C17H15N3OS2/c1-12-4-2-5-13(10-12)18-16(21)11-23-17-8-7-14(19-20-17)15-6-3-9-22-15/h2-10H,11H2,1H3,(H,18,21).